The quantitative estimate of drug-likeness (QED) is 0.238. The van der Waals surface area contributed by atoms with Crippen LogP contribution in [-0.4, -0.2) is 61.6 Å². The molecule has 0 aliphatic rings. The van der Waals surface area contributed by atoms with Crippen molar-refractivity contribution in [3.63, 3.8) is 0 Å². The fourth-order valence-electron chi connectivity index (χ4n) is 3.33. The van der Waals surface area contributed by atoms with Crippen LogP contribution in [0.3, 0.4) is 0 Å². The maximum Gasteiger partial charge on any atom is 0.116 e. The third-order valence-electron chi connectivity index (χ3n) is 4.72. The number of rotatable bonds is 17. The Labute approximate surface area is 156 Å². The van der Waals surface area contributed by atoms with Crippen LogP contribution in [0, 0.1) is 0 Å². The van der Waals surface area contributed by atoms with E-state index in [0.717, 1.165) is 13.0 Å². The first-order valence-electron chi connectivity index (χ1n) is 10.1. The van der Waals surface area contributed by atoms with Gasteiger partial charge in [0.25, 0.3) is 0 Å². The summed E-state index contributed by atoms with van der Waals surface area (Å²) in [7, 11) is -0.410. The SMILES string of the molecule is CCCCCCCCCCCCCC[N+](C)(C)C[C@H](O)CS(=O)(=O)[O-]. The lowest BCUT2D eigenvalue weighted by molar-refractivity contribution is -0.893. The highest BCUT2D eigenvalue weighted by Gasteiger charge is 2.21. The molecule has 0 saturated carbocycles. The van der Waals surface area contributed by atoms with Crippen LogP contribution in [0.15, 0.2) is 0 Å². The van der Waals surface area contributed by atoms with Gasteiger partial charge in [-0.2, -0.15) is 0 Å². The molecule has 5 nitrogen and oxygen atoms in total. The maximum atomic E-state index is 10.7. The van der Waals surface area contributed by atoms with Crippen molar-refractivity contribution in [1.82, 2.24) is 0 Å². The van der Waals surface area contributed by atoms with E-state index in [1.54, 1.807) is 0 Å². The van der Waals surface area contributed by atoms with Crippen LogP contribution in [0.2, 0.25) is 0 Å². The summed E-state index contributed by atoms with van der Waals surface area (Å²) >= 11 is 0. The van der Waals surface area contributed by atoms with Crippen LogP contribution in [0.4, 0.5) is 0 Å². The summed E-state index contributed by atoms with van der Waals surface area (Å²) in [4.78, 5) is 0. The van der Waals surface area contributed by atoms with E-state index < -0.39 is 22.0 Å². The fraction of sp³-hybridized carbons (Fsp3) is 1.00. The number of aliphatic hydroxyl groups is 1. The summed E-state index contributed by atoms with van der Waals surface area (Å²) in [5, 5.41) is 9.72. The number of likely N-dealkylation sites (N-methyl/N-ethyl adjacent to an activating group) is 1. The Morgan fingerprint density at radius 3 is 1.64 bits per heavy atom. The lowest BCUT2D eigenvalue weighted by atomic mass is 10.1. The minimum atomic E-state index is -4.35. The van der Waals surface area contributed by atoms with Gasteiger partial charge < -0.3 is 14.1 Å². The van der Waals surface area contributed by atoms with Crippen LogP contribution in [-0.2, 0) is 10.1 Å². The van der Waals surface area contributed by atoms with Gasteiger partial charge in [-0.1, -0.05) is 71.1 Å². The van der Waals surface area contributed by atoms with E-state index in [-0.39, 0.29) is 0 Å². The Balaban J connectivity index is 3.54. The van der Waals surface area contributed by atoms with Crippen LogP contribution < -0.4 is 0 Å². The van der Waals surface area contributed by atoms with E-state index in [1.807, 2.05) is 14.1 Å². The van der Waals surface area contributed by atoms with E-state index in [0.29, 0.717) is 11.0 Å². The number of aliphatic hydroxyl groups excluding tert-OH is 1. The molecule has 25 heavy (non-hydrogen) atoms. The van der Waals surface area contributed by atoms with E-state index in [1.165, 1.54) is 70.6 Å². The second-order valence-corrected chi connectivity index (χ2v) is 9.56. The smallest absolute Gasteiger partial charge is 0.116 e. The molecule has 0 aliphatic carbocycles. The summed E-state index contributed by atoms with van der Waals surface area (Å²) in [5.41, 5.74) is 0. The molecular weight excluding hydrogens is 338 g/mol. The molecule has 0 fully saturated rings. The number of hydrogen-bond acceptors (Lipinski definition) is 4. The van der Waals surface area contributed by atoms with Crippen molar-refractivity contribution >= 4 is 10.1 Å². The van der Waals surface area contributed by atoms with Crippen molar-refractivity contribution in [3.8, 4) is 0 Å². The number of nitrogens with zero attached hydrogens (tertiary/aromatic N) is 1. The van der Waals surface area contributed by atoms with Gasteiger partial charge in [-0.3, -0.25) is 0 Å². The molecule has 0 aliphatic heterocycles. The summed E-state index contributed by atoms with van der Waals surface area (Å²) in [6.45, 7) is 3.45. The van der Waals surface area contributed by atoms with Gasteiger partial charge in [0.1, 0.15) is 12.6 Å². The van der Waals surface area contributed by atoms with Crippen molar-refractivity contribution in [1.29, 1.82) is 0 Å². The van der Waals surface area contributed by atoms with Gasteiger partial charge in [-0.05, 0) is 12.8 Å². The third-order valence-corrected chi connectivity index (χ3v) is 5.51. The Bertz CT molecular complexity index is 410. The fourth-order valence-corrected chi connectivity index (χ4v) is 3.91. The largest absolute Gasteiger partial charge is 0.748 e. The van der Waals surface area contributed by atoms with E-state index in [4.69, 9.17) is 0 Å². The Morgan fingerprint density at radius 1 is 0.840 bits per heavy atom. The molecule has 0 aromatic heterocycles. The Kier molecular flexibility index (Phi) is 13.9. The number of quaternary nitrogens is 1. The molecule has 0 bridgehead atoms. The average molecular weight is 380 g/mol. The van der Waals surface area contributed by atoms with Crippen molar-refractivity contribution < 1.29 is 22.6 Å². The van der Waals surface area contributed by atoms with Crippen LogP contribution in [0.25, 0.3) is 0 Å². The Morgan fingerprint density at radius 2 is 1.24 bits per heavy atom. The molecule has 152 valence electrons. The number of hydrogen-bond donors (Lipinski definition) is 1. The first-order chi connectivity index (χ1) is 11.7. The van der Waals surface area contributed by atoms with Gasteiger partial charge in [0.15, 0.2) is 0 Å². The van der Waals surface area contributed by atoms with E-state index >= 15 is 0 Å². The first kappa shape index (κ1) is 24.8. The monoisotopic (exact) mass is 379 g/mol. The predicted octanol–water partition coefficient (Wildman–Crippen LogP) is 3.67. The van der Waals surface area contributed by atoms with Crippen molar-refractivity contribution in [2.24, 2.45) is 0 Å². The van der Waals surface area contributed by atoms with Crippen LogP contribution in [0.5, 0.6) is 0 Å². The van der Waals surface area contributed by atoms with Gasteiger partial charge in [0, 0.05) is 0 Å². The van der Waals surface area contributed by atoms with E-state index in [9.17, 15) is 18.1 Å². The van der Waals surface area contributed by atoms with Crippen molar-refractivity contribution in [2.75, 3.05) is 32.9 Å². The normalized spacial score (nSPS) is 14.0. The molecule has 0 rings (SSSR count). The Hall–Kier alpha value is -0.170. The van der Waals surface area contributed by atoms with Gasteiger partial charge >= 0.3 is 0 Å². The van der Waals surface area contributed by atoms with Crippen molar-refractivity contribution in [2.45, 2.75) is 90.1 Å². The molecule has 0 amide bonds. The molecule has 0 aromatic carbocycles. The highest BCUT2D eigenvalue weighted by Crippen LogP contribution is 2.13. The number of unbranched alkanes of at least 4 members (excludes halogenated alkanes) is 11. The van der Waals surface area contributed by atoms with Gasteiger partial charge in [0.05, 0.1) is 36.5 Å². The molecule has 0 saturated heterocycles. The molecule has 0 spiro atoms. The second kappa shape index (κ2) is 14.0. The maximum absolute atomic E-state index is 10.7. The minimum absolute atomic E-state index is 0.305. The van der Waals surface area contributed by atoms with Crippen LogP contribution in [0.1, 0.15) is 84.0 Å². The topological polar surface area (TPSA) is 77.4 Å². The average Bonchev–Trinajstić information content (AvgIpc) is 2.45. The summed E-state index contributed by atoms with van der Waals surface area (Å²) in [6.07, 6.45) is 14.6. The molecule has 0 unspecified atom stereocenters. The second-order valence-electron chi connectivity index (χ2n) is 8.11. The first-order valence-corrected chi connectivity index (χ1v) is 11.7. The van der Waals surface area contributed by atoms with E-state index in [2.05, 4.69) is 6.92 Å². The summed E-state index contributed by atoms with van der Waals surface area (Å²) in [5.74, 6) is -0.687. The zero-order chi connectivity index (χ0) is 19.2. The highest BCUT2D eigenvalue weighted by molar-refractivity contribution is 7.85. The van der Waals surface area contributed by atoms with Gasteiger partial charge in [0.2, 0.25) is 0 Å². The summed E-state index contributed by atoms with van der Waals surface area (Å²) in [6, 6.07) is 0. The molecular formula is C19H41NO4S. The standard InChI is InChI=1S/C19H41NO4S/c1-4-5-6-7-8-9-10-11-12-13-14-15-16-20(2,3)17-19(21)18-25(22,23)24/h19,21H,4-18H2,1-3H3/t19-/m0/s1. The minimum Gasteiger partial charge on any atom is -0.748 e. The lowest BCUT2D eigenvalue weighted by Gasteiger charge is -2.32. The predicted molar refractivity (Wildman–Crippen MR) is 103 cm³/mol. The third kappa shape index (κ3) is 18.4. The molecule has 0 radical (unpaired) electrons. The zero-order valence-electron chi connectivity index (χ0n) is 16.7. The zero-order valence-corrected chi connectivity index (χ0v) is 17.5. The van der Waals surface area contributed by atoms with Crippen molar-refractivity contribution in [3.05, 3.63) is 0 Å². The highest BCUT2D eigenvalue weighted by atomic mass is 32.2. The molecule has 1 atom stereocenters. The van der Waals surface area contributed by atoms with Gasteiger partial charge in [-0.15, -0.1) is 0 Å². The molecule has 6 heteroatoms. The molecule has 1 N–H and O–H groups in total. The van der Waals surface area contributed by atoms with Gasteiger partial charge in [-0.25, -0.2) is 8.42 Å². The van der Waals surface area contributed by atoms with Crippen LogP contribution >= 0.6 is 0 Å². The lowest BCUT2D eigenvalue weighted by Crippen LogP contribution is -2.47. The molecule has 0 heterocycles. The summed E-state index contributed by atoms with van der Waals surface area (Å²) < 4.78 is 32.6. The molecule has 0 aromatic rings.